The molecule has 0 atom stereocenters. The van der Waals surface area contributed by atoms with Crippen molar-refractivity contribution in [1.29, 1.82) is 0 Å². The Morgan fingerprint density at radius 3 is 2.53 bits per heavy atom. The molecule has 0 saturated heterocycles. The first-order valence-electron chi connectivity index (χ1n) is 4.93. The van der Waals surface area contributed by atoms with E-state index in [-0.39, 0.29) is 17.9 Å². The summed E-state index contributed by atoms with van der Waals surface area (Å²) in [5.74, 6) is 0.0743. The van der Waals surface area contributed by atoms with Crippen LogP contribution in [0.25, 0.3) is 0 Å². The number of hydrogen-bond donors (Lipinski definition) is 2. The monoisotopic (exact) mass is 269 g/mol. The van der Waals surface area contributed by atoms with Gasteiger partial charge in [-0.15, -0.1) is 0 Å². The highest BCUT2D eigenvalue weighted by Crippen LogP contribution is 2.40. The fraction of sp³-hybridized carbons (Fsp3) is 0.182. The van der Waals surface area contributed by atoms with Crippen LogP contribution in [0.1, 0.15) is 0 Å². The summed E-state index contributed by atoms with van der Waals surface area (Å²) in [6, 6.07) is 2.71. The molecule has 0 bridgehead atoms. The van der Waals surface area contributed by atoms with Crippen molar-refractivity contribution in [1.82, 2.24) is 4.57 Å². The quantitative estimate of drug-likeness (QED) is 0.818. The summed E-state index contributed by atoms with van der Waals surface area (Å²) < 4.78 is 1.45. The maximum atomic E-state index is 11.5. The molecule has 2 N–H and O–H groups in total. The van der Waals surface area contributed by atoms with Crippen LogP contribution in [0.2, 0.25) is 0 Å². The van der Waals surface area contributed by atoms with E-state index in [1.807, 2.05) is 12.2 Å². The fourth-order valence-electron chi connectivity index (χ4n) is 1.32. The van der Waals surface area contributed by atoms with E-state index in [1.54, 1.807) is 0 Å². The zero-order valence-corrected chi connectivity index (χ0v) is 10.5. The molecule has 0 spiro atoms. The number of hydrogen-bond acceptors (Lipinski definition) is 5. The van der Waals surface area contributed by atoms with Crippen LogP contribution in [-0.4, -0.2) is 21.4 Å². The number of pyridine rings is 1. The van der Waals surface area contributed by atoms with Crippen LogP contribution in [-0.2, 0) is 6.54 Å². The molecule has 0 fully saturated rings. The second-order valence-electron chi connectivity index (χ2n) is 3.44. The van der Waals surface area contributed by atoms with E-state index in [0.717, 1.165) is 9.81 Å². The van der Waals surface area contributed by atoms with Crippen molar-refractivity contribution in [3.63, 3.8) is 0 Å². The molecular weight excluding hydrogens is 258 g/mol. The van der Waals surface area contributed by atoms with Gasteiger partial charge in [-0.3, -0.25) is 4.79 Å². The van der Waals surface area contributed by atoms with E-state index in [1.165, 1.54) is 44.5 Å². The largest absolute Gasteiger partial charge is 0.506 e. The summed E-state index contributed by atoms with van der Waals surface area (Å²) in [4.78, 5) is 13.4. The van der Waals surface area contributed by atoms with Crippen LogP contribution < -0.4 is 5.56 Å². The van der Waals surface area contributed by atoms with Crippen molar-refractivity contribution in [2.24, 2.45) is 0 Å². The topological polar surface area (TPSA) is 62.5 Å². The second kappa shape index (κ2) is 5.48. The Bertz CT molecular complexity index is 534. The SMILES string of the molecule is O=c1ccc(O)cn1CC1=CC=C(CO)SS1. The Balaban J connectivity index is 2.17. The molecule has 0 unspecified atom stereocenters. The molecule has 1 aliphatic rings. The Labute approximate surface area is 106 Å². The average molecular weight is 269 g/mol. The third kappa shape index (κ3) is 3.18. The van der Waals surface area contributed by atoms with E-state index >= 15 is 0 Å². The molecule has 6 heteroatoms. The molecule has 0 radical (unpaired) electrons. The first-order valence-corrected chi connectivity index (χ1v) is 7.08. The Kier molecular flexibility index (Phi) is 3.98. The zero-order valence-electron chi connectivity index (χ0n) is 8.87. The highest BCUT2D eigenvalue weighted by atomic mass is 33.1. The van der Waals surface area contributed by atoms with E-state index in [0.29, 0.717) is 6.54 Å². The van der Waals surface area contributed by atoms with Gasteiger partial charge in [0.2, 0.25) is 0 Å². The van der Waals surface area contributed by atoms with Crippen molar-refractivity contribution in [3.8, 4) is 5.75 Å². The third-order valence-corrected chi connectivity index (χ3v) is 4.74. The molecule has 90 valence electrons. The van der Waals surface area contributed by atoms with E-state index < -0.39 is 0 Å². The Hall–Kier alpha value is -1.11. The zero-order chi connectivity index (χ0) is 12.3. The highest BCUT2D eigenvalue weighted by Gasteiger charge is 2.08. The molecule has 17 heavy (non-hydrogen) atoms. The molecule has 0 aromatic carbocycles. The maximum Gasteiger partial charge on any atom is 0.251 e. The van der Waals surface area contributed by atoms with Crippen molar-refractivity contribution >= 4 is 21.6 Å². The van der Waals surface area contributed by atoms with Gasteiger partial charge in [0.1, 0.15) is 5.75 Å². The summed E-state index contributed by atoms with van der Waals surface area (Å²) in [5, 5.41) is 18.2. The maximum absolute atomic E-state index is 11.5. The lowest BCUT2D eigenvalue weighted by Crippen LogP contribution is -2.18. The van der Waals surface area contributed by atoms with E-state index in [4.69, 9.17) is 5.11 Å². The predicted octanol–water partition coefficient (Wildman–Crippen LogP) is 1.71. The van der Waals surface area contributed by atoms with Crippen molar-refractivity contribution in [2.75, 3.05) is 6.61 Å². The van der Waals surface area contributed by atoms with Gasteiger partial charge in [-0.1, -0.05) is 21.6 Å². The molecule has 1 aromatic rings. The molecule has 2 rings (SSSR count). The van der Waals surface area contributed by atoms with Gasteiger partial charge < -0.3 is 14.8 Å². The Morgan fingerprint density at radius 1 is 1.18 bits per heavy atom. The lowest BCUT2D eigenvalue weighted by molar-refractivity contribution is 0.339. The molecule has 2 heterocycles. The van der Waals surface area contributed by atoms with Crippen LogP contribution in [0.4, 0.5) is 0 Å². The van der Waals surface area contributed by atoms with Crippen LogP contribution in [0, 0.1) is 0 Å². The normalized spacial score (nSPS) is 15.4. The minimum absolute atomic E-state index is 0.0352. The van der Waals surface area contributed by atoms with E-state index in [9.17, 15) is 9.90 Å². The summed E-state index contributed by atoms with van der Waals surface area (Å²) in [7, 11) is 3.00. The first-order chi connectivity index (χ1) is 8.19. The average Bonchev–Trinajstić information content (AvgIpc) is 2.35. The van der Waals surface area contributed by atoms with Crippen molar-refractivity contribution in [3.05, 3.63) is 50.6 Å². The van der Waals surface area contributed by atoms with Crippen LogP contribution in [0.5, 0.6) is 5.75 Å². The number of aliphatic hydroxyl groups excluding tert-OH is 1. The Morgan fingerprint density at radius 2 is 1.88 bits per heavy atom. The highest BCUT2D eigenvalue weighted by molar-refractivity contribution is 8.79. The van der Waals surface area contributed by atoms with Crippen molar-refractivity contribution < 1.29 is 10.2 Å². The van der Waals surface area contributed by atoms with Gasteiger partial charge in [0.15, 0.2) is 0 Å². The number of aliphatic hydroxyl groups is 1. The molecule has 0 amide bonds. The number of rotatable bonds is 3. The van der Waals surface area contributed by atoms with Gasteiger partial charge in [-0.2, -0.15) is 0 Å². The number of aromatic hydroxyl groups is 1. The number of nitrogens with zero attached hydrogens (tertiary/aromatic N) is 1. The lowest BCUT2D eigenvalue weighted by Gasteiger charge is -2.13. The predicted molar refractivity (Wildman–Crippen MR) is 70.8 cm³/mol. The van der Waals surface area contributed by atoms with Gasteiger partial charge >= 0.3 is 0 Å². The first kappa shape index (κ1) is 12.3. The van der Waals surface area contributed by atoms with Crippen LogP contribution in [0.3, 0.4) is 0 Å². The third-order valence-electron chi connectivity index (χ3n) is 2.16. The summed E-state index contributed by atoms with van der Waals surface area (Å²) in [6.45, 7) is 0.466. The smallest absolute Gasteiger partial charge is 0.251 e. The molecule has 1 aromatic heterocycles. The molecule has 0 saturated carbocycles. The second-order valence-corrected chi connectivity index (χ2v) is 5.83. The summed E-state index contributed by atoms with van der Waals surface area (Å²) in [5.41, 5.74) is -0.147. The van der Waals surface area contributed by atoms with Crippen molar-refractivity contribution in [2.45, 2.75) is 6.54 Å². The van der Waals surface area contributed by atoms with Crippen LogP contribution >= 0.6 is 21.6 Å². The molecule has 0 aliphatic carbocycles. The standard InChI is InChI=1S/C11H11NO3S2/c13-7-10-3-2-9(16-17-10)6-12-5-8(14)1-4-11(12)15/h1-5,13-14H,6-7H2. The fourth-order valence-corrected chi connectivity index (χ4v) is 3.31. The molecule has 4 nitrogen and oxygen atoms in total. The van der Waals surface area contributed by atoms with Gasteiger partial charge in [0.05, 0.1) is 13.2 Å². The van der Waals surface area contributed by atoms with E-state index in [2.05, 4.69) is 0 Å². The van der Waals surface area contributed by atoms with Gasteiger partial charge in [-0.05, 0) is 18.2 Å². The number of aromatic nitrogens is 1. The molecular formula is C11H11NO3S2. The summed E-state index contributed by atoms with van der Waals surface area (Å²) >= 11 is 0. The van der Waals surface area contributed by atoms with Gasteiger partial charge in [0.25, 0.3) is 5.56 Å². The van der Waals surface area contributed by atoms with Crippen LogP contribution in [0.15, 0.2) is 45.1 Å². The lowest BCUT2D eigenvalue weighted by atomic mass is 10.4. The van der Waals surface area contributed by atoms with Gasteiger partial charge in [0, 0.05) is 22.1 Å². The van der Waals surface area contributed by atoms with Gasteiger partial charge in [-0.25, -0.2) is 0 Å². The minimum atomic E-state index is -0.147. The molecule has 1 aliphatic heterocycles. The summed E-state index contributed by atoms with van der Waals surface area (Å²) in [6.07, 6.45) is 5.13. The number of allylic oxidation sites excluding steroid dienone is 3. The minimum Gasteiger partial charge on any atom is -0.506 e.